The van der Waals surface area contributed by atoms with Crippen LogP contribution in [-0.4, -0.2) is 40.0 Å². The average Bonchev–Trinajstić information content (AvgIpc) is 2.78. The Morgan fingerprint density at radius 1 is 1.71 bits per heavy atom. The van der Waals surface area contributed by atoms with Crippen LogP contribution >= 0.6 is 0 Å². The van der Waals surface area contributed by atoms with Gasteiger partial charge in [0, 0.05) is 12.6 Å². The van der Waals surface area contributed by atoms with E-state index in [0.717, 1.165) is 0 Å². The van der Waals surface area contributed by atoms with Gasteiger partial charge in [-0.1, -0.05) is 12.7 Å². The Bertz CT molecular complexity index is 388. The van der Waals surface area contributed by atoms with Gasteiger partial charge >= 0.3 is 12.1 Å². The molecular formula is C10H13N3O4. The maximum Gasteiger partial charge on any atom is 0.408 e. The predicted molar refractivity (Wildman–Crippen MR) is 58.4 cm³/mol. The normalized spacial score (nSPS) is 11.5. The first-order valence-electron chi connectivity index (χ1n) is 4.88. The van der Waals surface area contributed by atoms with E-state index in [1.165, 1.54) is 12.3 Å². The first-order valence-corrected chi connectivity index (χ1v) is 4.88. The summed E-state index contributed by atoms with van der Waals surface area (Å²) in [6.07, 6.45) is 3.79. The minimum atomic E-state index is -1.14. The minimum Gasteiger partial charge on any atom is -0.480 e. The second-order valence-corrected chi connectivity index (χ2v) is 3.23. The van der Waals surface area contributed by atoms with Gasteiger partial charge in [-0.05, 0) is 5.56 Å². The van der Waals surface area contributed by atoms with Gasteiger partial charge in [0.05, 0.1) is 6.20 Å². The summed E-state index contributed by atoms with van der Waals surface area (Å²) in [5, 5.41) is 17.4. The number of nitrogens with one attached hydrogen (secondary N) is 2. The van der Waals surface area contributed by atoms with Crippen molar-refractivity contribution in [3.05, 3.63) is 30.6 Å². The molecule has 0 radical (unpaired) electrons. The van der Waals surface area contributed by atoms with Crippen molar-refractivity contribution in [1.82, 2.24) is 15.5 Å². The van der Waals surface area contributed by atoms with E-state index in [1.54, 1.807) is 6.20 Å². The Morgan fingerprint density at radius 3 is 3.00 bits per heavy atom. The van der Waals surface area contributed by atoms with Gasteiger partial charge in [-0.15, -0.1) is 0 Å². The zero-order valence-corrected chi connectivity index (χ0v) is 9.05. The van der Waals surface area contributed by atoms with Crippen LogP contribution in [0, 0.1) is 0 Å². The molecule has 1 rings (SSSR count). The molecule has 0 saturated heterocycles. The molecule has 0 bridgehead atoms. The monoisotopic (exact) mass is 239 g/mol. The van der Waals surface area contributed by atoms with E-state index in [2.05, 4.69) is 26.8 Å². The molecule has 1 aromatic rings. The molecule has 0 spiro atoms. The number of aromatic nitrogens is 2. The molecule has 1 heterocycles. The van der Waals surface area contributed by atoms with Crippen molar-refractivity contribution in [3.8, 4) is 0 Å². The summed E-state index contributed by atoms with van der Waals surface area (Å²) in [6.45, 7) is 3.41. The number of amides is 1. The molecule has 17 heavy (non-hydrogen) atoms. The number of hydrogen-bond donors (Lipinski definition) is 3. The van der Waals surface area contributed by atoms with Crippen LogP contribution < -0.4 is 5.32 Å². The lowest BCUT2D eigenvalue weighted by atomic mass is 10.1. The van der Waals surface area contributed by atoms with Gasteiger partial charge in [-0.2, -0.15) is 5.10 Å². The van der Waals surface area contributed by atoms with Gasteiger partial charge < -0.3 is 15.2 Å². The summed E-state index contributed by atoms with van der Waals surface area (Å²) in [6, 6.07) is -1.05. The molecule has 3 N–H and O–H groups in total. The molecule has 92 valence electrons. The summed E-state index contributed by atoms with van der Waals surface area (Å²) >= 11 is 0. The van der Waals surface area contributed by atoms with E-state index in [-0.39, 0.29) is 13.0 Å². The maximum atomic E-state index is 11.2. The molecule has 0 aliphatic rings. The van der Waals surface area contributed by atoms with Gasteiger partial charge in [0.2, 0.25) is 0 Å². The van der Waals surface area contributed by atoms with Crippen LogP contribution in [0.2, 0.25) is 0 Å². The van der Waals surface area contributed by atoms with Gasteiger partial charge in [0.25, 0.3) is 0 Å². The highest BCUT2D eigenvalue weighted by molar-refractivity contribution is 5.80. The fraction of sp³-hybridized carbons (Fsp3) is 0.300. The Balaban J connectivity index is 2.51. The quantitative estimate of drug-likeness (QED) is 0.620. The van der Waals surface area contributed by atoms with Crippen molar-refractivity contribution >= 4 is 12.1 Å². The second-order valence-electron chi connectivity index (χ2n) is 3.23. The van der Waals surface area contributed by atoms with Crippen molar-refractivity contribution in [2.45, 2.75) is 12.5 Å². The van der Waals surface area contributed by atoms with Crippen LogP contribution in [-0.2, 0) is 16.0 Å². The number of rotatable bonds is 6. The SMILES string of the molecule is C=CCOC(=O)N[C@@H](Cc1cn[nH]c1)C(=O)O. The third kappa shape index (κ3) is 4.37. The Kier molecular flexibility index (Phi) is 4.74. The number of carboxylic acid groups (broad SMARTS) is 1. The largest absolute Gasteiger partial charge is 0.480 e. The summed E-state index contributed by atoms with van der Waals surface area (Å²) < 4.78 is 4.64. The lowest BCUT2D eigenvalue weighted by molar-refractivity contribution is -0.139. The van der Waals surface area contributed by atoms with Crippen molar-refractivity contribution in [2.75, 3.05) is 6.61 Å². The molecular weight excluding hydrogens is 226 g/mol. The van der Waals surface area contributed by atoms with Crippen molar-refractivity contribution in [1.29, 1.82) is 0 Å². The van der Waals surface area contributed by atoms with Crippen LogP contribution in [0.25, 0.3) is 0 Å². The summed E-state index contributed by atoms with van der Waals surface area (Å²) in [5.41, 5.74) is 0.682. The predicted octanol–water partition coefficient (Wildman–Crippen LogP) is 0.318. The molecule has 0 aliphatic heterocycles. The minimum absolute atomic E-state index is 0.0316. The standard InChI is InChI=1S/C10H13N3O4/c1-2-3-17-10(16)13-8(9(14)15)4-7-5-11-12-6-7/h2,5-6,8H,1,3-4H2,(H,11,12)(H,13,16)(H,14,15)/t8-/m0/s1. The molecule has 0 saturated carbocycles. The maximum absolute atomic E-state index is 11.2. The van der Waals surface area contributed by atoms with E-state index >= 15 is 0 Å². The molecule has 0 unspecified atom stereocenters. The number of carbonyl (C=O) groups excluding carboxylic acids is 1. The molecule has 1 amide bonds. The number of carbonyl (C=O) groups is 2. The first kappa shape index (κ1) is 12.8. The summed E-state index contributed by atoms with van der Waals surface area (Å²) in [7, 11) is 0. The fourth-order valence-corrected chi connectivity index (χ4v) is 1.14. The molecule has 0 fully saturated rings. The number of hydrogen-bond acceptors (Lipinski definition) is 4. The molecule has 1 atom stereocenters. The number of aliphatic carboxylic acids is 1. The van der Waals surface area contributed by atoms with Crippen molar-refractivity contribution < 1.29 is 19.4 Å². The molecule has 7 heteroatoms. The fourth-order valence-electron chi connectivity index (χ4n) is 1.14. The Morgan fingerprint density at radius 2 is 2.47 bits per heavy atom. The van der Waals surface area contributed by atoms with E-state index in [9.17, 15) is 9.59 Å². The highest BCUT2D eigenvalue weighted by Crippen LogP contribution is 2.01. The molecule has 0 aliphatic carbocycles. The zero-order valence-electron chi connectivity index (χ0n) is 9.05. The number of H-pyrrole nitrogens is 1. The van der Waals surface area contributed by atoms with Crippen LogP contribution in [0.3, 0.4) is 0 Å². The average molecular weight is 239 g/mol. The van der Waals surface area contributed by atoms with Crippen molar-refractivity contribution in [3.63, 3.8) is 0 Å². The van der Waals surface area contributed by atoms with Gasteiger partial charge in [-0.25, -0.2) is 9.59 Å². The Hall–Kier alpha value is -2.31. The van der Waals surface area contributed by atoms with E-state index in [1.807, 2.05) is 0 Å². The van der Waals surface area contributed by atoms with E-state index < -0.39 is 18.1 Å². The van der Waals surface area contributed by atoms with Gasteiger partial charge in [0.15, 0.2) is 0 Å². The van der Waals surface area contributed by atoms with Crippen molar-refractivity contribution in [2.24, 2.45) is 0 Å². The number of aromatic amines is 1. The molecule has 0 aromatic carbocycles. The molecule has 7 nitrogen and oxygen atoms in total. The zero-order chi connectivity index (χ0) is 12.7. The van der Waals surface area contributed by atoms with E-state index in [4.69, 9.17) is 5.11 Å². The van der Waals surface area contributed by atoms with Crippen LogP contribution in [0.5, 0.6) is 0 Å². The van der Waals surface area contributed by atoms with Crippen LogP contribution in [0.15, 0.2) is 25.0 Å². The second kappa shape index (κ2) is 6.31. The third-order valence-electron chi connectivity index (χ3n) is 1.92. The summed E-state index contributed by atoms with van der Waals surface area (Å²) in [5.74, 6) is -1.14. The number of ether oxygens (including phenoxy) is 1. The highest BCUT2D eigenvalue weighted by atomic mass is 16.5. The topological polar surface area (TPSA) is 104 Å². The number of carboxylic acids is 1. The third-order valence-corrected chi connectivity index (χ3v) is 1.92. The first-order chi connectivity index (χ1) is 8.13. The van der Waals surface area contributed by atoms with Gasteiger partial charge in [0.1, 0.15) is 12.6 Å². The van der Waals surface area contributed by atoms with Crippen LogP contribution in [0.1, 0.15) is 5.56 Å². The van der Waals surface area contributed by atoms with E-state index in [0.29, 0.717) is 5.56 Å². The van der Waals surface area contributed by atoms with Gasteiger partial charge in [-0.3, -0.25) is 5.10 Å². The Labute approximate surface area is 97.5 Å². The lowest BCUT2D eigenvalue weighted by Gasteiger charge is -2.12. The summed E-state index contributed by atoms with van der Waals surface area (Å²) in [4.78, 5) is 22.1. The lowest BCUT2D eigenvalue weighted by Crippen LogP contribution is -2.42. The smallest absolute Gasteiger partial charge is 0.408 e. The van der Waals surface area contributed by atoms with Crippen LogP contribution in [0.4, 0.5) is 4.79 Å². The number of nitrogens with zero attached hydrogens (tertiary/aromatic N) is 1. The molecule has 1 aromatic heterocycles. The number of alkyl carbamates (subject to hydrolysis) is 1. The highest BCUT2D eigenvalue weighted by Gasteiger charge is 2.21.